The summed E-state index contributed by atoms with van der Waals surface area (Å²) in [7, 11) is -3.75. The average molecular weight is 363 g/mol. The summed E-state index contributed by atoms with van der Waals surface area (Å²) in [6.45, 7) is -0.194. The number of anilines is 1. The first-order valence-corrected chi connectivity index (χ1v) is 8.86. The van der Waals surface area contributed by atoms with E-state index in [4.69, 9.17) is 5.73 Å². The van der Waals surface area contributed by atoms with E-state index >= 15 is 0 Å². The minimum atomic E-state index is -3.75. The number of hydrogen-bond donors (Lipinski definition) is 3. The van der Waals surface area contributed by atoms with Crippen molar-refractivity contribution in [3.8, 4) is 0 Å². The topological polar surface area (TPSA) is 92.4 Å². The summed E-state index contributed by atoms with van der Waals surface area (Å²) in [5.41, 5.74) is 5.20. The zero-order valence-corrected chi connectivity index (χ0v) is 13.5. The van der Waals surface area contributed by atoms with Gasteiger partial charge >= 0.3 is 0 Å². The van der Waals surface area contributed by atoms with Crippen molar-refractivity contribution in [2.45, 2.75) is 42.5 Å². The monoisotopic (exact) mass is 362 g/mol. The van der Waals surface area contributed by atoms with Gasteiger partial charge in [-0.25, -0.2) is 13.1 Å². The van der Waals surface area contributed by atoms with Crippen LogP contribution in [0.25, 0.3) is 0 Å². The molecule has 1 aliphatic rings. The molecule has 1 aromatic rings. The van der Waals surface area contributed by atoms with E-state index in [2.05, 4.69) is 20.7 Å². The standard InChI is InChI=1S/C13H19BrN2O3S/c14-10-4-5-11(15)12(8-10)20(18,19)16-13(9-17)6-2-1-3-7-13/h4-5,8,16-17H,1-3,6-7,9,15H2. The van der Waals surface area contributed by atoms with Crippen LogP contribution in [0.15, 0.2) is 27.6 Å². The Morgan fingerprint density at radius 3 is 2.55 bits per heavy atom. The van der Waals surface area contributed by atoms with Gasteiger partial charge in [0.2, 0.25) is 10.0 Å². The average Bonchev–Trinajstić information content (AvgIpc) is 2.42. The number of aliphatic hydroxyl groups excluding tert-OH is 1. The van der Waals surface area contributed by atoms with Crippen LogP contribution in [0.1, 0.15) is 32.1 Å². The Morgan fingerprint density at radius 1 is 1.30 bits per heavy atom. The van der Waals surface area contributed by atoms with Crippen molar-refractivity contribution in [3.63, 3.8) is 0 Å². The van der Waals surface area contributed by atoms with Crippen molar-refractivity contribution in [2.75, 3.05) is 12.3 Å². The predicted octanol–water partition coefficient (Wildman–Crippen LogP) is 2.00. The normalized spacial score (nSPS) is 18.9. The lowest BCUT2D eigenvalue weighted by atomic mass is 9.83. The van der Waals surface area contributed by atoms with Crippen molar-refractivity contribution in [3.05, 3.63) is 22.7 Å². The van der Waals surface area contributed by atoms with Crippen LogP contribution in [-0.4, -0.2) is 25.7 Å². The molecule has 1 fully saturated rings. The molecule has 2 rings (SSSR count). The van der Waals surface area contributed by atoms with Gasteiger partial charge in [-0.2, -0.15) is 0 Å². The summed E-state index contributed by atoms with van der Waals surface area (Å²) in [5, 5.41) is 9.61. The summed E-state index contributed by atoms with van der Waals surface area (Å²) in [6.07, 6.45) is 4.20. The molecule has 0 unspecified atom stereocenters. The van der Waals surface area contributed by atoms with Crippen LogP contribution in [0.3, 0.4) is 0 Å². The van der Waals surface area contributed by atoms with Gasteiger partial charge in [0, 0.05) is 4.47 Å². The van der Waals surface area contributed by atoms with Gasteiger partial charge in [-0.15, -0.1) is 0 Å². The molecule has 5 nitrogen and oxygen atoms in total. The third-order valence-electron chi connectivity index (χ3n) is 3.73. The maximum atomic E-state index is 12.5. The molecular weight excluding hydrogens is 344 g/mol. The van der Waals surface area contributed by atoms with E-state index in [1.54, 1.807) is 12.1 Å². The second-order valence-electron chi connectivity index (χ2n) is 5.29. The Labute approximate surface area is 127 Å². The fraction of sp³-hybridized carbons (Fsp3) is 0.538. The van der Waals surface area contributed by atoms with Crippen molar-refractivity contribution in [1.82, 2.24) is 4.72 Å². The van der Waals surface area contributed by atoms with E-state index in [1.807, 2.05) is 0 Å². The molecular formula is C13H19BrN2O3S. The quantitative estimate of drug-likeness (QED) is 0.714. The van der Waals surface area contributed by atoms with Crippen LogP contribution in [0.4, 0.5) is 5.69 Å². The molecule has 1 saturated carbocycles. The number of sulfonamides is 1. The molecule has 0 saturated heterocycles. The largest absolute Gasteiger partial charge is 0.398 e. The number of nitrogens with one attached hydrogen (secondary N) is 1. The second-order valence-corrected chi connectivity index (χ2v) is 7.85. The van der Waals surface area contributed by atoms with Gasteiger partial charge in [0.15, 0.2) is 0 Å². The van der Waals surface area contributed by atoms with Crippen LogP contribution in [0.5, 0.6) is 0 Å². The lowest BCUT2D eigenvalue weighted by Gasteiger charge is -2.36. The number of halogens is 1. The van der Waals surface area contributed by atoms with Crippen molar-refractivity contribution in [2.24, 2.45) is 0 Å². The molecule has 0 atom stereocenters. The van der Waals surface area contributed by atoms with Crippen LogP contribution in [0, 0.1) is 0 Å². The van der Waals surface area contributed by atoms with Crippen LogP contribution < -0.4 is 10.5 Å². The van der Waals surface area contributed by atoms with E-state index < -0.39 is 15.6 Å². The van der Waals surface area contributed by atoms with E-state index in [9.17, 15) is 13.5 Å². The molecule has 0 aliphatic heterocycles. The molecule has 0 bridgehead atoms. The lowest BCUT2D eigenvalue weighted by Crippen LogP contribution is -2.52. The maximum absolute atomic E-state index is 12.5. The first kappa shape index (κ1) is 15.8. The second kappa shape index (κ2) is 6.01. The summed E-state index contributed by atoms with van der Waals surface area (Å²) in [4.78, 5) is 0.0465. The Kier molecular flexibility index (Phi) is 4.73. The minimum absolute atomic E-state index is 0.0465. The van der Waals surface area contributed by atoms with E-state index in [1.165, 1.54) is 6.07 Å². The maximum Gasteiger partial charge on any atom is 0.243 e. The Balaban J connectivity index is 2.32. The zero-order valence-electron chi connectivity index (χ0n) is 11.1. The van der Waals surface area contributed by atoms with E-state index in [0.717, 1.165) is 19.3 Å². The first-order valence-electron chi connectivity index (χ1n) is 6.58. The third kappa shape index (κ3) is 3.33. The lowest BCUT2D eigenvalue weighted by molar-refractivity contribution is 0.142. The van der Waals surface area contributed by atoms with Gasteiger partial charge in [0.1, 0.15) is 4.90 Å². The van der Waals surface area contributed by atoms with Gasteiger partial charge in [-0.1, -0.05) is 35.2 Å². The number of nitrogens with two attached hydrogens (primary N) is 1. The number of benzene rings is 1. The van der Waals surface area contributed by atoms with Gasteiger partial charge < -0.3 is 10.8 Å². The van der Waals surface area contributed by atoms with Gasteiger partial charge in [-0.3, -0.25) is 0 Å². The van der Waals surface area contributed by atoms with Crippen LogP contribution in [0.2, 0.25) is 0 Å². The Bertz CT molecular complexity index is 583. The minimum Gasteiger partial charge on any atom is -0.398 e. The fourth-order valence-corrected chi connectivity index (χ4v) is 4.72. The molecule has 0 radical (unpaired) electrons. The van der Waals surface area contributed by atoms with Gasteiger partial charge in [0.05, 0.1) is 17.8 Å². The Morgan fingerprint density at radius 2 is 1.95 bits per heavy atom. The summed E-state index contributed by atoms with van der Waals surface area (Å²) < 4.78 is 28.3. The molecule has 112 valence electrons. The molecule has 0 spiro atoms. The zero-order chi connectivity index (χ0) is 14.8. The highest BCUT2D eigenvalue weighted by molar-refractivity contribution is 9.10. The highest BCUT2D eigenvalue weighted by Crippen LogP contribution is 2.31. The predicted molar refractivity (Wildman–Crippen MR) is 81.8 cm³/mol. The fourth-order valence-electron chi connectivity index (χ4n) is 2.60. The molecule has 0 heterocycles. The third-order valence-corrected chi connectivity index (χ3v) is 5.86. The first-order chi connectivity index (χ1) is 9.38. The molecule has 7 heteroatoms. The SMILES string of the molecule is Nc1ccc(Br)cc1S(=O)(=O)NC1(CO)CCCCC1. The van der Waals surface area contributed by atoms with Crippen molar-refractivity contribution in [1.29, 1.82) is 0 Å². The highest BCUT2D eigenvalue weighted by Gasteiger charge is 2.36. The highest BCUT2D eigenvalue weighted by atomic mass is 79.9. The van der Waals surface area contributed by atoms with Gasteiger partial charge in [0.25, 0.3) is 0 Å². The molecule has 4 N–H and O–H groups in total. The van der Waals surface area contributed by atoms with Crippen molar-refractivity contribution >= 4 is 31.6 Å². The number of aliphatic hydroxyl groups is 1. The molecule has 1 aromatic carbocycles. The number of nitrogen functional groups attached to an aromatic ring is 1. The van der Waals surface area contributed by atoms with E-state index in [0.29, 0.717) is 17.3 Å². The smallest absolute Gasteiger partial charge is 0.243 e. The number of hydrogen-bond acceptors (Lipinski definition) is 4. The van der Waals surface area contributed by atoms with Crippen molar-refractivity contribution < 1.29 is 13.5 Å². The summed E-state index contributed by atoms with van der Waals surface area (Å²) in [6, 6.07) is 4.72. The molecule has 20 heavy (non-hydrogen) atoms. The van der Waals surface area contributed by atoms with Crippen LogP contribution in [-0.2, 0) is 10.0 Å². The van der Waals surface area contributed by atoms with E-state index in [-0.39, 0.29) is 17.2 Å². The molecule has 1 aliphatic carbocycles. The number of rotatable bonds is 4. The summed E-state index contributed by atoms with van der Waals surface area (Å²) >= 11 is 3.25. The Hall–Kier alpha value is -0.630. The van der Waals surface area contributed by atoms with Gasteiger partial charge in [-0.05, 0) is 31.0 Å². The summed E-state index contributed by atoms with van der Waals surface area (Å²) in [5.74, 6) is 0. The van der Waals surface area contributed by atoms with Crippen LogP contribution >= 0.6 is 15.9 Å². The molecule has 0 aromatic heterocycles. The molecule has 0 amide bonds.